The highest BCUT2D eigenvalue weighted by atomic mass is 16.4. The number of aliphatic hydroxyl groups is 1. The van der Waals surface area contributed by atoms with Crippen molar-refractivity contribution in [3.05, 3.63) is 18.2 Å². The molecule has 104 heavy (non-hydrogen) atoms. The number of amides is 15. The Labute approximate surface area is 602 Å². The van der Waals surface area contributed by atoms with E-state index in [-0.39, 0.29) is 75.8 Å². The van der Waals surface area contributed by atoms with Crippen molar-refractivity contribution >= 4 is 101 Å². The fourth-order valence-corrected chi connectivity index (χ4v) is 10.8. The zero-order valence-electron chi connectivity index (χ0n) is 60.7. The van der Waals surface area contributed by atoms with Crippen molar-refractivity contribution in [1.82, 2.24) is 78.7 Å². The molecule has 1 saturated heterocycles. The number of nitrogens with one attached hydrogen (secondary N) is 13. The van der Waals surface area contributed by atoms with Crippen LogP contribution in [0.4, 0.5) is 0 Å². The summed E-state index contributed by atoms with van der Waals surface area (Å²) in [6.07, 6.45) is -1.51. The number of H-pyrrole nitrogens is 1. The Kier molecular flexibility index (Phi) is 39.2. The fraction of sp³-hybridized carbons (Fsp3) is 0.692. The van der Waals surface area contributed by atoms with E-state index < -0.39 is 230 Å². The standard InChI is InChI=1S/C65H109N19O20/c1-31(2)24-43(60(98)73-35(8)54(92)82-46(65(103)104)26-33(5)6)80-63(101)52(37(10)85)83-55(93)36(9)72-53(91)34(7)74-62(100)47-15-13-23-84(47)64(102)45(25-32(3)4)81-56(94)39(14-11-12-22-66)76-57(95)40(16-19-48(68)86)77-58(96)41(17-20-49(69)87)78-59(97)42(18-21-51(89)90)79-61(99)44(75-50(88)28-67)27-38-29-70-30-71-38/h29-37,39-47,52,85H,11-28,66-67H2,1-10H3,(H2,68,86)(H2,69,87)(H,70,71)(H,72,91)(H,73,98)(H,74,100)(H,75,88)(H,76,95)(H,77,96)(H,78,97)(H,79,99)(H,80,101)(H,81,94)(H,82,92)(H,83,93)(H,89,90)(H,103,104)/t34-,35-,36-,37+,39-,40-,41-,42-,43-,44-,45-,46-,47-,52-/m0/s1. The van der Waals surface area contributed by atoms with Crippen LogP contribution in [0, 0.1) is 17.8 Å². The molecule has 1 aromatic heterocycles. The number of unbranched alkanes of at least 4 members (excludes halogenated alkanes) is 1. The third-order valence-electron chi connectivity index (χ3n) is 16.4. The number of nitrogens with two attached hydrogens (primary N) is 4. The van der Waals surface area contributed by atoms with Crippen LogP contribution in [0.2, 0.25) is 0 Å². The summed E-state index contributed by atoms with van der Waals surface area (Å²) in [7, 11) is 0. The second kappa shape index (κ2) is 45.2. The second-order valence-electron chi connectivity index (χ2n) is 27.1. The zero-order chi connectivity index (χ0) is 78.8. The predicted octanol–water partition coefficient (Wildman–Crippen LogP) is -6.09. The maximum atomic E-state index is 14.6. The highest BCUT2D eigenvalue weighted by molar-refractivity contribution is 6.00. The van der Waals surface area contributed by atoms with E-state index in [0.717, 1.165) is 0 Å². The molecule has 1 aromatic rings. The van der Waals surface area contributed by atoms with Gasteiger partial charge in [0.05, 0.1) is 24.7 Å². The maximum absolute atomic E-state index is 14.6. The minimum absolute atomic E-state index is 0.00778. The summed E-state index contributed by atoms with van der Waals surface area (Å²) in [5, 5.41) is 59.3. The van der Waals surface area contributed by atoms with Gasteiger partial charge in [0.2, 0.25) is 88.6 Å². The van der Waals surface area contributed by atoms with Crippen molar-refractivity contribution in [3.63, 3.8) is 0 Å². The van der Waals surface area contributed by atoms with Gasteiger partial charge in [-0.1, -0.05) is 41.5 Å². The van der Waals surface area contributed by atoms with Gasteiger partial charge in [0.25, 0.3) is 0 Å². The number of primary amides is 2. The van der Waals surface area contributed by atoms with Crippen LogP contribution in [0.1, 0.15) is 165 Å². The minimum Gasteiger partial charge on any atom is -0.481 e. The Balaban J connectivity index is 2.34. The topological polar surface area (TPSA) is 631 Å². The molecule has 1 fully saturated rings. The average Bonchev–Trinajstić information content (AvgIpc) is 1.76. The third-order valence-corrected chi connectivity index (χ3v) is 16.4. The number of aliphatic carboxylic acids is 2. The molecule has 0 aromatic carbocycles. The number of rotatable bonds is 48. The summed E-state index contributed by atoms with van der Waals surface area (Å²) in [6, 6.07) is -18.9. The van der Waals surface area contributed by atoms with E-state index in [2.05, 4.69) is 73.8 Å². The number of carbonyl (C=O) groups excluding carboxylic acids is 15. The van der Waals surface area contributed by atoms with E-state index in [9.17, 15) is 96.8 Å². The normalized spacial score (nSPS) is 16.5. The number of carbonyl (C=O) groups is 17. The lowest BCUT2D eigenvalue weighted by atomic mass is 10.0. The molecule has 14 atom stereocenters. The molecule has 0 unspecified atom stereocenters. The lowest BCUT2D eigenvalue weighted by molar-refractivity contribution is -0.143. The molecular formula is C65H109N19O20. The van der Waals surface area contributed by atoms with Gasteiger partial charge in [-0.05, 0) is 123 Å². The molecule has 1 aliphatic rings. The van der Waals surface area contributed by atoms with Gasteiger partial charge in [-0.3, -0.25) is 76.7 Å². The number of hydrogen-bond acceptors (Lipinski definition) is 21. The number of imidazole rings is 1. The molecular weight excluding hydrogens is 1370 g/mol. The molecule has 2 rings (SSSR count). The number of aromatic nitrogens is 2. The molecule has 24 N–H and O–H groups in total. The van der Waals surface area contributed by atoms with Gasteiger partial charge >= 0.3 is 11.9 Å². The van der Waals surface area contributed by atoms with Crippen molar-refractivity contribution < 1.29 is 96.8 Å². The first kappa shape index (κ1) is 90.2. The third kappa shape index (κ3) is 32.6. The van der Waals surface area contributed by atoms with Gasteiger partial charge in [-0.25, -0.2) is 9.78 Å². The van der Waals surface area contributed by atoms with Crippen molar-refractivity contribution in [2.45, 2.75) is 250 Å². The first-order valence-electron chi connectivity index (χ1n) is 34.7. The van der Waals surface area contributed by atoms with E-state index in [0.29, 0.717) is 18.5 Å². The summed E-state index contributed by atoms with van der Waals surface area (Å²) >= 11 is 0. The lowest BCUT2D eigenvalue weighted by Crippen LogP contribution is -2.61. The van der Waals surface area contributed by atoms with Crippen LogP contribution in [0.15, 0.2) is 12.5 Å². The fourth-order valence-electron chi connectivity index (χ4n) is 10.8. The number of nitrogens with zero attached hydrogens (tertiary/aromatic N) is 2. The van der Waals surface area contributed by atoms with Crippen molar-refractivity contribution in [2.75, 3.05) is 19.6 Å². The van der Waals surface area contributed by atoms with Crippen LogP contribution < -0.4 is 86.7 Å². The summed E-state index contributed by atoms with van der Waals surface area (Å²) in [6.45, 7) is 15.2. The first-order chi connectivity index (χ1) is 48.7. The van der Waals surface area contributed by atoms with Gasteiger partial charge in [-0.15, -0.1) is 0 Å². The molecule has 39 nitrogen and oxygen atoms in total. The van der Waals surface area contributed by atoms with Crippen LogP contribution in [0.3, 0.4) is 0 Å². The average molecular weight is 1480 g/mol. The van der Waals surface area contributed by atoms with E-state index in [1.165, 1.54) is 45.1 Å². The number of carboxylic acids is 2. The molecule has 15 amide bonds. The Morgan fingerprint density at radius 1 is 0.490 bits per heavy atom. The van der Waals surface area contributed by atoms with Crippen molar-refractivity contribution in [2.24, 2.45) is 40.7 Å². The first-order valence-corrected chi connectivity index (χ1v) is 34.7. The monoisotopic (exact) mass is 1480 g/mol. The Morgan fingerprint density at radius 2 is 0.904 bits per heavy atom. The van der Waals surface area contributed by atoms with Crippen LogP contribution in [0.5, 0.6) is 0 Å². The van der Waals surface area contributed by atoms with Gasteiger partial charge in [-0.2, -0.15) is 0 Å². The number of aliphatic hydroxyl groups excluding tert-OH is 1. The van der Waals surface area contributed by atoms with Crippen molar-refractivity contribution in [3.8, 4) is 0 Å². The van der Waals surface area contributed by atoms with E-state index >= 15 is 0 Å². The molecule has 0 saturated carbocycles. The zero-order valence-corrected chi connectivity index (χ0v) is 60.7. The van der Waals surface area contributed by atoms with E-state index in [1.807, 2.05) is 0 Å². The number of hydrogen-bond donors (Lipinski definition) is 20. The van der Waals surface area contributed by atoms with Gasteiger partial charge in [0, 0.05) is 38.4 Å². The second-order valence-corrected chi connectivity index (χ2v) is 27.1. The Morgan fingerprint density at radius 3 is 1.36 bits per heavy atom. The van der Waals surface area contributed by atoms with E-state index in [4.69, 9.17) is 22.9 Å². The van der Waals surface area contributed by atoms with Crippen LogP contribution >= 0.6 is 0 Å². The number of carboxylic acid groups (broad SMARTS) is 2. The minimum atomic E-state index is -1.76. The molecule has 39 heteroatoms. The smallest absolute Gasteiger partial charge is 0.326 e. The molecule has 1 aliphatic heterocycles. The molecule has 2 heterocycles. The Hall–Kier alpha value is -9.92. The molecule has 0 bridgehead atoms. The number of aromatic amines is 1. The molecule has 0 radical (unpaired) electrons. The van der Waals surface area contributed by atoms with E-state index in [1.54, 1.807) is 41.5 Å². The highest BCUT2D eigenvalue weighted by Gasteiger charge is 2.41. The van der Waals surface area contributed by atoms with Gasteiger partial charge in [0.1, 0.15) is 78.5 Å². The Bertz CT molecular complexity index is 3130. The van der Waals surface area contributed by atoms with Crippen LogP contribution in [-0.2, 0) is 87.9 Å². The summed E-state index contributed by atoms with van der Waals surface area (Å²) in [5.74, 6) is -17.2. The highest BCUT2D eigenvalue weighted by Crippen LogP contribution is 2.22. The maximum Gasteiger partial charge on any atom is 0.326 e. The van der Waals surface area contributed by atoms with Gasteiger partial charge < -0.3 is 112 Å². The van der Waals surface area contributed by atoms with Crippen LogP contribution in [-0.4, -0.2) is 235 Å². The predicted molar refractivity (Wildman–Crippen MR) is 371 cm³/mol. The van der Waals surface area contributed by atoms with Gasteiger partial charge in [0.15, 0.2) is 0 Å². The SMILES string of the molecule is CC(C)C[C@H](NC(=O)[C@H](C)NC(=O)[C@H](CC(C)C)NC(=O)[C@@H](NC(=O)[C@H](C)NC(=O)[C@H](C)NC(=O)[C@@H]1CCCN1C(=O)[C@H](CC(C)C)NC(=O)[C@H](CCCCN)NC(=O)[C@H](CCC(N)=O)NC(=O)[C@H](CCC(N)=O)NC(=O)[C@H](CCC(=O)O)NC(=O)[C@H](Cc1c[nH]cn1)NC(=O)CN)[C@@H](C)O)C(=O)O. The lowest BCUT2D eigenvalue weighted by Gasteiger charge is -2.31. The molecule has 584 valence electrons. The number of likely N-dealkylation sites (tertiary alicyclic amines) is 1. The summed E-state index contributed by atoms with van der Waals surface area (Å²) in [4.78, 5) is 235. The van der Waals surface area contributed by atoms with Crippen LogP contribution in [0.25, 0.3) is 0 Å². The molecule has 0 aliphatic carbocycles. The van der Waals surface area contributed by atoms with Crippen molar-refractivity contribution in [1.29, 1.82) is 0 Å². The quantitative estimate of drug-likeness (QED) is 0.0270. The summed E-state index contributed by atoms with van der Waals surface area (Å²) in [5.41, 5.74) is 22.4. The molecule has 0 spiro atoms. The largest absolute Gasteiger partial charge is 0.481 e. The summed E-state index contributed by atoms with van der Waals surface area (Å²) < 4.78 is 0.